The molecule has 2 nitrogen and oxygen atoms in total. The average Bonchev–Trinajstić information content (AvgIpc) is 2.34. The van der Waals surface area contributed by atoms with E-state index in [0.29, 0.717) is 11.5 Å². The zero-order valence-electron chi connectivity index (χ0n) is 10.9. The average molecular weight is 225 g/mol. The molecule has 2 heteroatoms. The summed E-state index contributed by atoms with van der Waals surface area (Å²) in [6.45, 7) is 5.59. The fourth-order valence-corrected chi connectivity index (χ4v) is 2.96. The first kappa shape index (κ1) is 12.4. The van der Waals surface area contributed by atoms with Crippen molar-refractivity contribution in [3.8, 4) is 0 Å². The molecule has 0 radical (unpaired) electrons. The highest BCUT2D eigenvalue weighted by atomic mass is 16.3. The van der Waals surface area contributed by atoms with Crippen molar-refractivity contribution < 1.29 is 5.11 Å². The molecule has 16 heavy (non-hydrogen) atoms. The van der Waals surface area contributed by atoms with Crippen LogP contribution in [0.5, 0.6) is 0 Å². The second kappa shape index (κ2) is 4.66. The molecule has 2 fully saturated rings. The van der Waals surface area contributed by atoms with E-state index >= 15 is 0 Å². The zero-order valence-corrected chi connectivity index (χ0v) is 10.9. The Bertz CT molecular complexity index is 233. The molecular weight excluding hydrogens is 198 g/mol. The van der Waals surface area contributed by atoms with E-state index in [1.807, 2.05) is 0 Å². The third-order valence-corrected chi connectivity index (χ3v) is 4.58. The van der Waals surface area contributed by atoms with Crippen LogP contribution in [-0.4, -0.2) is 23.3 Å². The van der Waals surface area contributed by atoms with Crippen molar-refractivity contribution in [2.45, 2.75) is 76.9 Å². The molecular formula is C14H27NO. The Labute approximate surface area is 99.8 Å². The van der Waals surface area contributed by atoms with Crippen LogP contribution in [0.1, 0.15) is 65.2 Å². The Morgan fingerprint density at radius 2 is 1.81 bits per heavy atom. The number of hydrogen-bond acceptors (Lipinski definition) is 2. The van der Waals surface area contributed by atoms with Gasteiger partial charge in [-0.15, -0.1) is 0 Å². The van der Waals surface area contributed by atoms with Gasteiger partial charge in [0.1, 0.15) is 0 Å². The molecule has 1 unspecified atom stereocenters. The van der Waals surface area contributed by atoms with Crippen LogP contribution in [0.15, 0.2) is 0 Å². The minimum Gasteiger partial charge on any atom is -0.389 e. The van der Waals surface area contributed by atoms with Crippen molar-refractivity contribution in [3.63, 3.8) is 0 Å². The number of rotatable bonds is 3. The molecule has 0 amide bonds. The van der Waals surface area contributed by atoms with Crippen molar-refractivity contribution in [2.24, 2.45) is 5.41 Å². The molecule has 0 aromatic carbocycles. The first-order valence-electron chi connectivity index (χ1n) is 6.95. The van der Waals surface area contributed by atoms with Crippen molar-refractivity contribution in [1.29, 1.82) is 0 Å². The molecule has 94 valence electrons. The highest BCUT2D eigenvalue weighted by molar-refractivity contribution is 4.91. The fraction of sp³-hybridized carbons (Fsp3) is 1.00. The van der Waals surface area contributed by atoms with Gasteiger partial charge in [-0.05, 0) is 50.4 Å². The Morgan fingerprint density at radius 1 is 1.06 bits per heavy atom. The van der Waals surface area contributed by atoms with E-state index in [2.05, 4.69) is 19.2 Å². The van der Waals surface area contributed by atoms with Crippen molar-refractivity contribution in [1.82, 2.24) is 5.32 Å². The molecule has 0 aromatic heterocycles. The maximum Gasteiger partial charge on any atom is 0.0771 e. The van der Waals surface area contributed by atoms with E-state index in [-0.39, 0.29) is 5.60 Å². The molecule has 1 atom stereocenters. The van der Waals surface area contributed by atoms with Crippen LogP contribution in [0.3, 0.4) is 0 Å². The highest BCUT2D eigenvalue weighted by Gasteiger charge is 2.34. The molecule has 0 spiro atoms. The summed E-state index contributed by atoms with van der Waals surface area (Å²) in [4.78, 5) is 0. The highest BCUT2D eigenvalue weighted by Crippen LogP contribution is 2.35. The lowest BCUT2D eigenvalue weighted by Gasteiger charge is -2.38. The van der Waals surface area contributed by atoms with Gasteiger partial charge in [0.05, 0.1) is 5.60 Å². The van der Waals surface area contributed by atoms with Gasteiger partial charge >= 0.3 is 0 Å². The second-order valence-electron chi connectivity index (χ2n) is 6.75. The van der Waals surface area contributed by atoms with Gasteiger partial charge in [0.2, 0.25) is 0 Å². The summed E-state index contributed by atoms with van der Waals surface area (Å²) < 4.78 is 0. The summed E-state index contributed by atoms with van der Waals surface area (Å²) >= 11 is 0. The van der Waals surface area contributed by atoms with Crippen LogP contribution >= 0.6 is 0 Å². The van der Waals surface area contributed by atoms with Crippen LogP contribution in [0, 0.1) is 5.41 Å². The molecule has 2 aliphatic rings. The summed E-state index contributed by atoms with van der Waals surface area (Å²) in [7, 11) is 0. The number of nitrogens with one attached hydrogen (secondary N) is 1. The van der Waals surface area contributed by atoms with E-state index in [1.54, 1.807) is 0 Å². The predicted octanol–water partition coefficient (Wildman–Crippen LogP) is 2.85. The third kappa shape index (κ3) is 3.21. The Balaban J connectivity index is 1.73. The summed E-state index contributed by atoms with van der Waals surface area (Å²) in [5.41, 5.74) is 0.172. The molecule has 0 heterocycles. The van der Waals surface area contributed by atoms with Crippen LogP contribution in [-0.2, 0) is 0 Å². The molecule has 2 rings (SSSR count). The fourth-order valence-electron chi connectivity index (χ4n) is 2.96. The molecule has 0 aromatic rings. The molecule has 2 saturated carbocycles. The lowest BCUT2D eigenvalue weighted by atomic mass is 9.80. The minimum atomic E-state index is -0.359. The zero-order chi connectivity index (χ0) is 11.6. The Morgan fingerprint density at radius 3 is 2.44 bits per heavy atom. The summed E-state index contributed by atoms with van der Waals surface area (Å²) in [6, 6.07) is 0.645. The van der Waals surface area contributed by atoms with Crippen LogP contribution in [0.4, 0.5) is 0 Å². The van der Waals surface area contributed by atoms with Crippen molar-refractivity contribution in [3.05, 3.63) is 0 Å². The molecule has 2 N–H and O–H groups in total. The quantitative estimate of drug-likeness (QED) is 0.724. The van der Waals surface area contributed by atoms with E-state index in [0.717, 1.165) is 19.4 Å². The van der Waals surface area contributed by atoms with Crippen LogP contribution in [0.25, 0.3) is 0 Å². The topological polar surface area (TPSA) is 32.3 Å². The van der Waals surface area contributed by atoms with Gasteiger partial charge in [-0.1, -0.05) is 20.3 Å². The van der Waals surface area contributed by atoms with Crippen molar-refractivity contribution >= 4 is 0 Å². The lowest BCUT2D eigenvalue weighted by molar-refractivity contribution is -0.0335. The summed E-state index contributed by atoms with van der Waals surface area (Å²) in [5, 5.41) is 13.6. The van der Waals surface area contributed by atoms with E-state index in [4.69, 9.17) is 0 Å². The van der Waals surface area contributed by atoms with Crippen LogP contribution in [0.2, 0.25) is 0 Å². The van der Waals surface area contributed by atoms with Gasteiger partial charge < -0.3 is 10.4 Å². The number of aliphatic hydroxyl groups is 1. The van der Waals surface area contributed by atoms with E-state index in [9.17, 15) is 5.11 Å². The second-order valence-corrected chi connectivity index (χ2v) is 6.75. The smallest absolute Gasteiger partial charge is 0.0771 e. The van der Waals surface area contributed by atoms with E-state index in [1.165, 1.54) is 38.5 Å². The lowest BCUT2D eigenvalue weighted by Crippen LogP contribution is -2.48. The van der Waals surface area contributed by atoms with Gasteiger partial charge in [-0.25, -0.2) is 0 Å². The Hall–Kier alpha value is -0.0800. The van der Waals surface area contributed by atoms with E-state index < -0.39 is 0 Å². The summed E-state index contributed by atoms with van der Waals surface area (Å²) in [6.07, 6.45) is 9.79. The molecule has 2 aliphatic carbocycles. The summed E-state index contributed by atoms with van der Waals surface area (Å²) in [5.74, 6) is 0. The maximum absolute atomic E-state index is 10.1. The normalized spacial score (nSPS) is 32.8. The van der Waals surface area contributed by atoms with Crippen LogP contribution < -0.4 is 5.32 Å². The van der Waals surface area contributed by atoms with Gasteiger partial charge in [0.15, 0.2) is 0 Å². The number of hydrogen-bond donors (Lipinski definition) is 2. The first-order chi connectivity index (χ1) is 7.49. The molecule has 0 saturated heterocycles. The Kier molecular flexibility index (Phi) is 3.60. The largest absolute Gasteiger partial charge is 0.389 e. The SMILES string of the molecule is CC1(C)CCCC(NCC2(O)CCC2)CC1. The third-order valence-electron chi connectivity index (χ3n) is 4.58. The predicted molar refractivity (Wildman–Crippen MR) is 67.5 cm³/mol. The molecule has 0 bridgehead atoms. The van der Waals surface area contributed by atoms with Gasteiger partial charge in [0.25, 0.3) is 0 Å². The van der Waals surface area contributed by atoms with Crippen molar-refractivity contribution in [2.75, 3.05) is 6.54 Å². The minimum absolute atomic E-state index is 0.359. The molecule has 0 aliphatic heterocycles. The standard InChI is InChI=1S/C14H27NO/c1-13(2)7-3-5-12(6-10-13)15-11-14(16)8-4-9-14/h12,15-16H,3-11H2,1-2H3. The van der Waals surface area contributed by atoms with Gasteiger partial charge in [-0.3, -0.25) is 0 Å². The van der Waals surface area contributed by atoms with Gasteiger partial charge in [-0.2, -0.15) is 0 Å². The maximum atomic E-state index is 10.1. The van der Waals surface area contributed by atoms with Gasteiger partial charge in [0, 0.05) is 12.6 Å². The monoisotopic (exact) mass is 225 g/mol. The first-order valence-corrected chi connectivity index (χ1v) is 6.95.